The molecule has 0 bridgehead atoms. The SMILES string of the molecule is CCCC(C)(O)CNCc1cccc(OCC#N)c1. The molecule has 19 heavy (non-hydrogen) atoms. The van der Waals surface area contributed by atoms with Crippen LogP contribution in [0.5, 0.6) is 5.75 Å². The predicted molar refractivity (Wildman–Crippen MR) is 74.8 cm³/mol. The van der Waals surface area contributed by atoms with Gasteiger partial charge in [-0.1, -0.05) is 25.5 Å². The molecule has 1 aromatic rings. The molecule has 0 fully saturated rings. The van der Waals surface area contributed by atoms with Gasteiger partial charge in [0.2, 0.25) is 0 Å². The molecule has 0 radical (unpaired) electrons. The Morgan fingerprint density at radius 2 is 2.26 bits per heavy atom. The number of benzene rings is 1. The highest BCUT2D eigenvalue weighted by atomic mass is 16.5. The Balaban J connectivity index is 2.43. The summed E-state index contributed by atoms with van der Waals surface area (Å²) in [7, 11) is 0. The average molecular weight is 262 g/mol. The van der Waals surface area contributed by atoms with Gasteiger partial charge in [-0.3, -0.25) is 0 Å². The van der Waals surface area contributed by atoms with Gasteiger partial charge in [0.15, 0.2) is 6.61 Å². The van der Waals surface area contributed by atoms with Crippen LogP contribution in [0, 0.1) is 11.3 Å². The van der Waals surface area contributed by atoms with Crippen LogP contribution in [0.2, 0.25) is 0 Å². The number of rotatable bonds is 8. The maximum absolute atomic E-state index is 10.0. The number of nitriles is 1. The van der Waals surface area contributed by atoms with Gasteiger partial charge in [-0.25, -0.2) is 0 Å². The molecule has 2 N–H and O–H groups in total. The van der Waals surface area contributed by atoms with Crippen LogP contribution in [0.25, 0.3) is 0 Å². The Hall–Kier alpha value is -1.57. The van der Waals surface area contributed by atoms with Gasteiger partial charge in [0.25, 0.3) is 0 Å². The second-order valence-electron chi connectivity index (χ2n) is 4.94. The Morgan fingerprint density at radius 3 is 2.95 bits per heavy atom. The highest BCUT2D eigenvalue weighted by Gasteiger charge is 2.17. The fourth-order valence-electron chi connectivity index (χ4n) is 1.96. The van der Waals surface area contributed by atoms with Crippen molar-refractivity contribution in [2.75, 3.05) is 13.2 Å². The standard InChI is InChI=1S/C15H22N2O2/c1-3-7-15(2,18)12-17-11-13-5-4-6-14(10-13)19-9-8-16/h4-6,10,17-18H,3,7,9,11-12H2,1-2H3. The molecule has 0 spiro atoms. The van der Waals surface area contributed by atoms with Gasteiger partial charge in [-0.2, -0.15) is 5.26 Å². The molecule has 4 nitrogen and oxygen atoms in total. The second-order valence-corrected chi connectivity index (χ2v) is 4.94. The molecule has 0 amide bonds. The molecule has 1 aromatic carbocycles. The van der Waals surface area contributed by atoms with E-state index in [0.717, 1.165) is 18.4 Å². The Labute approximate surface area is 115 Å². The summed E-state index contributed by atoms with van der Waals surface area (Å²) in [4.78, 5) is 0. The number of nitrogens with zero attached hydrogens (tertiary/aromatic N) is 1. The molecule has 1 unspecified atom stereocenters. The van der Waals surface area contributed by atoms with E-state index < -0.39 is 5.60 Å². The Morgan fingerprint density at radius 1 is 1.47 bits per heavy atom. The smallest absolute Gasteiger partial charge is 0.174 e. The van der Waals surface area contributed by atoms with Gasteiger partial charge in [-0.05, 0) is 31.0 Å². The monoisotopic (exact) mass is 262 g/mol. The number of aliphatic hydroxyl groups is 1. The minimum atomic E-state index is -0.663. The number of hydrogen-bond acceptors (Lipinski definition) is 4. The van der Waals surface area contributed by atoms with E-state index in [0.29, 0.717) is 18.8 Å². The van der Waals surface area contributed by atoms with Crippen molar-refractivity contribution in [3.63, 3.8) is 0 Å². The molecule has 0 saturated carbocycles. The summed E-state index contributed by atoms with van der Waals surface area (Å²) in [6.07, 6.45) is 1.75. The molecule has 0 aliphatic heterocycles. The summed E-state index contributed by atoms with van der Waals surface area (Å²) < 4.78 is 5.24. The van der Waals surface area contributed by atoms with E-state index >= 15 is 0 Å². The predicted octanol–water partition coefficient (Wildman–Crippen LogP) is 2.23. The molecule has 0 aromatic heterocycles. The first kappa shape index (κ1) is 15.5. The zero-order chi connectivity index (χ0) is 14.1. The number of hydrogen-bond donors (Lipinski definition) is 2. The van der Waals surface area contributed by atoms with Crippen molar-refractivity contribution in [1.82, 2.24) is 5.32 Å². The van der Waals surface area contributed by atoms with Crippen LogP contribution in [0.4, 0.5) is 0 Å². The molecule has 0 heterocycles. The number of nitrogens with one attached hydrogen (secondary N) is 1. The van der Waals surface area contributed by atoms with Crippen LogP contribution in [0.1, 0.15) is 32.3 Å². The fraction of sp³-hybridized carbons (Fsp3) is 0.533. The van der Waals surface area contributed by atoms with Gasteiger partial charge in [-0.15, -0.1) is 0 Å². The molecular weight excluding hydrogens is 240 g/mol. The first-order chi connectivity index (χ1) is 9.07. The maximum atomic E-state index is 10.0. The highest BCUT2D eigenvalue weighted by molar-refractivity contribution is 5.28. The van der Waals surface area contributed by atoms with Crippen molar-refractivity contribution in [1.29, 1.82) is 5.26 Å². The molecule has 1 rings (SSSR count). The average Bonchev–Trinajstić information content (AvgIpc) is 2.36. The number of ether oxygens (including phenoxy) is 1. The van der Waals surface area contributed by atoms with Gasteiger partial charge in [0.05, 0.1) is 5.60 Å². The van der Waals surface area contributed by atoms with Crippen LogP contribution in [0.15, 0.2) is 24.3 Å². The molecular formula is C15H22N2O2. The molecule has 4 heteroatoms. The molecule has 0 aliphatic carbocycles. The molecule has 0 aliphatic rings. The zero-order valence-electron chi connectivity index (χ0n) is 11.6. The van der Waals surface area contributed by atoms with E-state index in [1.54, 1.807) is 0 Å². The maximum Gasteiger partial charge on any atom is 0.174 e. The van der Waals surface area contributed by atoms with E-state index in [1.807, 2.05) is 37.3 Å². The molecule has 1 atom stereocenters. The Bertz CT molecular complexity index is 424. The lowest BCUT2D eigenvalue weighted by molar-refractivity contribution is 0.0498. The fourth-order valence-corrected chi connectivity index (χ4v) is 1.96. The van der Waals surface area contributed by atoms with Gasteiger partial charge in [0, 0.05) is 13.1 Å². The normalized spacial score (nSPS) is 13.6. The van der Waals surface area contributed by atoms with Gasteiger partial charge in [0.1, 0.15) is 11.8 Å². The van der Waals surface area contributed by atoms with Gasteiger partial charge < -0.3 is 15.2 Å². The summed E-state index contributed by atoms with van der Waals surface area (Å²) in [5, 5.41) is 21.7. The highest BCUT2D eigenvalue weighted by Crippen LogP contribution is 2.14. The van der Waals surface area contributed by atoms with Crippen molar-refractivity contribution in [3.8, 4) is 11.8 Å². The summed E-state index contributed by atoms with van der Waals surface area (Å²) in [5.74, 6) is 0.696. The van der Waals surface area contributed by atoms with E-state index in [4.69, 9.17) is 10.00 Å². The second kappa shape index (κ2) is 7.78. The van der Waals surface area contributed by atoms with E-state index in [1.165, 1.54) is 0 Å². The minimum absolute atomic E-state index is 0.0576. The van der Waals surface area contributed by atoms with Crippen molar-refractivity contribution < 1.29 is 9.84 Å². The quantitative estimate of drug-likeness (QED) is 0.754. The van der Waals surface area contributed by atoms with Crippen LogP contribution in [-0.4, -0.2) is 23.9 Å². The molecule has 0 saturated heterocycles. The van der Waals surface area contributed by atoms with Crippen molar-refractivity contribution in [3.05, 3.63) is 29.8 Å². The first-order valence-corrected chi connectivity index (χ1v) is 6.59. The molecule has 104 valence electrons. The minimum Gasteiger partial charge on any atom is -0.479 e. The third-order valence-corrected chi connectivity index (χ3v) is 2.83. The lowest BCUT2D eigenvalue weighted by Crippen LogP contribution is -2.37. The van der Waals surface area contributed by atoms with Crippen molar-refractivity contribution >= 4 is 0 Å². The van der Waals surface area contributed by atoms with Crippen molar-refractivity contribution in [2.24, 2.45) is 0 Å². The summed E-state index contributed by atoms with van der Waals surface area (Å²) in [5.41, 5.74) is 0.409. The summed E-state index contributed by atoms with van der Waals surface area (Å²) in [6, 6.07) is 9.55. The lowest BCUT2D eigenvalue weighted by Gasteiger charge is -2.23. The summed E-state index contributed by atoms with van der Waals surface area (Å²) >= 11 is 0. The van der Waals surface area contributed by atoms with Gasteiger partial charge >= 0.3 is 0 Å². The van der Waals surface area contributed by atoms with E-state index in [9.17, 15) is 5.11 Å². The third kappa shape index (κ3) is 6.23. The van der Waals surface area contributed by atoms with Crippen molar-refractivity contribution in [2.45, 2.75) is 38.8 Å². The zero-order valence-corrected chi connectivity index (χ0v) is 11.6. The largest absolute Gasteiger partial charge is 0.479 e. The van der Waals surface area contributed by atoms with Crippen LogP contribution in [0.3, 0.4) is 0 Å². The topological polar surface area (TPSA) is 65.3 Å². The van der Waals surface area contributed by atoms with E-state index in [2.05, 4.69) is 12.2 Å². The van der Waals surface area contributed by atoms with Crippen LogP contribution in [-0.2, 0) is 6.54 Å². The van der Waals surface area contributed by atoms with E-state index in [-0.39, 0.29) is 6.61 Å². The van der Waals surface area contributed by atoms with Crippen LogP contribution >= 0.6 is 0 Å². The lowest BCUT2D eigenvalue weighted by atomic mass is 10.0. The first-order valence-electron chi connectivity index (χ1n) is 6.59. The third-order valence-electron chi connectivity index (χ3n) is 2.83. The summed E-state index contributed by atoms with van der Waals surface area (Å²) in [6.45, 7) is 5.19. The Kier molecular flexibility index (Phi) is 6.34. The van der Waals surface area contributed by atoms with Crippen LogP contribution < -0.4 is 10.1 Å².